The van der Waals surface area contributed by atoms with Gasteiger partial charge in [0.05, 0.1) is 11.6 Å². The molecule has 0 unspecified atom stereocenters. The molecule has 120 valence electrons. The van der Waals surface area contributed by atoms with E-state index in [1.54, 1.807) is 49.4 Å². The predicted octanol–water partition coefficient (Wildman–Crippen LogP) is 3.69. The van der Waals surface area contributed by atoms with Crippen LogP contribution in [0.15, 0.2) is 54.6 Å². The minimum Gasteiger partial charge on any atom is -0.451 e. The van der Waals surface area contributed by atoms with Crippen LogP contribution in [0.1, 0.15) is 34.0 Å². The molecule has 0 aliphatic heterocycles. The molecule has 24 heavy (non-hydrogen) atoms. The minimum atomic E-state index is -0.856. The largest absolute Gasteiger partial charge is 0.451 e. The Balaban J connectivity index is 1.95. The SMILES string of the molecule is Cc1ccc(C(=O)[C@@H](C)OC(=O)/C=C/c2ccc(C#N)cc2)cc1. The number of carbonyl (C=O) groups excluding carboxylic acids is 2. The van der Waals surface area contributed by atoms with Gasteiger partial charge in [-0.25, -0.2) is 4.79 Å². The standard InChI is InChI=1S/C20H17NO3/c1-14-3-10-18(11-4-14)20(23)15(2)24-19(22)12-9-16-5-7-17(13-21)8-6-16/h3-12,15H,1-2H3/b12-9+/t15-/m1/s1. The summed E-state index contributed by atoms with van der Waals surface area (Å²) in [5.74, 6) is -0.831. The van der Waals surface area contributed by atoms with E-state index in [4.69, 9.17) is 10.00 Å². The molecule has 0 heterocycles. The maximum atomic E-state index is 12.2. The summed E-state index contributed by atoms with van der Waals surface area (Å²) in [6, 6.07) is 15.9. The lowest BCUT2D eigenvalue weighted by Crippen LogP contribution is -2.23. The molecular weight excluding hydrogens is 302 g/mol. The van der Waals surface area contributed by atoms with Crippen molar-refractivity contribution in [1.82, 2.24) is 0 Å². The van der Waals surface area contributed by atoms with Crippen LogP contribution in [-0.4, -0.2) is 17.9 Å². The van der Waals surface area contributed by atoms with E-state index in [9.17, 15) is 9.59 Å². The summed E-state index contributed by atoms with van der Waals surface area (Å²) in [7, 11) is 0. The second-order valence-corrected chi connectivity index (χ2v) is 5.38. The van der Waals surface area contributed by atoms with E-state index in [0.717, 1.165) is 11.1 Å². The molecule has 0 spiro atoms. The zero-order valence-corrected chi connectivity index (χ0v) is 13.5. The van der Waals surface area contributed by atoms with Gasteiger partial charge in [0.25, 0.3) is 0 Å². The van der Waals surface area contributed by atoms with Gasteiger partial charge < -0.3 is 4.74 Å². The smallest absolute Gasteiger partial charge is 0.331 e. The van der Waals surface area contributed by atoms with E-state index in [-0.39, 0.29) is 5.78 Å². The van der Waals surface area contributed by atoms with Gasteiger partial charge in [0, 0.05) is 11.6 Å². The molecule has 2 rings (SSSR count). The fourth-order valence-corrected chi connectivity index (χ4v) is 2.05. The third-order valence-corrected chi connectivity index (χ3v) is 3.45. The molecule has 2 aromatic rings. The second kappa shape index (κ2) is 7.89. The Hall–Kier alpha value is -3.19. The summed E-state index contributed by atoms with van der Waals surface area (Å²) in [4.78, 5) is 24.0. The molecule has 4 nitrogen and oxygen atoms in total. The van der Waals surface area contributed by atoms with E-state index < -0.39 is 12.1 Å². The summed E-state index contributed by atoms with van der Waals surface area (Å²) in [5.41, 5.74) is 2.88. The third kappa shape index (κ3) is 4.65. The van der Waals surface area contributed by atoms with Crippen molar-refractivity contribution in [3.63, 3.8) is 0 Å². The zero-order valence-electron chi connectivity index (χ0n) is 13.5. The molecule has 0 bridgehead atoms. The normalized spacial score (nSPS) is 11.7. The van der Waals surface area contributed by atoms with Gasteiger partial charge in [-0.1, -0.05) is 42.0 Å². The first-order chi connectivity index (χ1) is 11.5. The van der Waals surface area contributed by atoms with Gasteiger partial charge in [0.15, 0.2) is 6.10 Å². The van der Waals surface area contributed by atoms with Gasteiger partial charge in [-0.05, 0) is 37.6 Å². The summed E-state index contributed by atoms with van der Waals surface area (Å²) >= 11 is 0. The number of rotatable bonds is 5. The molecule has 0 radical (unpaired) electrons. The Morgan fingerprint density at radius 1 is 1.08 bits per heavy atom. The monoisotopic (exact) mass is 319 g/mol. The molecule has 0 N–H and O–H groups in total. The highest BCUT2D eigenvalue weighted by molar-refractivity contribution is 6.01. The Morgan fingerprint density at radius 2 is 1.71 bits per heavy atom. The summed E-state index contributed by atoms with van der Waals surface area (Å²) in [6.07, 6.45) is 1.98. The molecule has 0 fully saturated rings. The van der Waals surface area contributed by atoms with Gasteiger partial charge >= 0.3 is 5.97 Å². The lowest BCUT2D eigenvalue weighted by molar-refractivity contribution is -0.140. The number of Topliss-reactive ketones (excluding diaryl/α,β-unsaturated/α-hetero) is 1. The van der Waals surface area contributed by atoms with Crippen molar-refractivity contribution < 1.29 is 14.3 Å². The Kier molecular flexibility index (Phi) is 5.64. The Bertz CT molecular complexity index is 796. The fraction of sp³-hybridized carbons (Fsp3) is 0.150. The first kappa shape index (κ1) is 17.2. The van der Waals surface area contributed by atoms with Crippen molar-refractivity contribution in [2.45, 2.75) is 20.0 Å². The summed E-state index contributed by atoms with van der Waals surface area (Å²) in [5, 5.41) is 8.73. The zero-order chi connectivity index (χ0) is 17.5. The molecule has 0 aliphatic rings. The van der Waals surface area contributed by atoms with Crippen LogP contribution >= 0.6 is 0 Å². The van der Waals surface area contributed by atoms with Crippen LogP contribution in [0, 0.1) is 18.3 Å². The Labute approximate surface area is 141 Å². The topological polar surface area (TPSA) is 67.2 Å². The number of benzene rings is 2. The van der Waals surface area contributed by atoms with E-state index in [0.29, 0.717) is 11.1 Å². The summed E-state index contributed by atoms with van der Waals surface area (Å²) in [6.45, 7) is 3.49. The molecule has 1 atom stereocenters. The highest BCUT2D eigenvalue weighted by Crippen LogP contribution is 2.10. The first-order valence-corrected chi connectivity index (χ1v) is 7.49. The molecule has 0 aliphatic carbocycles. The lowest BCUT2D eigenvalue weighted by Gasteiger charge is -2.11. The van der Waals surface area contributed by atoms with Crippen molar-refractivity contribution in [3.8, 4) is 6.07 Å². The number of nitriles is 1. The predicted molar refractivity (Wildman–Crippen MR) is 91.3 cm³/mol. The first-order valence-electron chi connectivity index (χ1n) is 7.49. The van der Waals surface area contributed by atoms with Gasteiger partial charge in [0.1, 0.15) is 0 Å². The number of hydrogen-bond donors (Lipinski definition) is 0. The van der Waals surface area contributed by atoms with Crippen LogP contribution in [0.5, 0.6) is 0 Å². The molecule has 4 heteroatoms. The van der Waals surface area contributed by atoms with Crippen molar-refractivity contribution in [2.75, 3.05) is 0 Å². The fourth-order valence-electron chi connectivity index (χ4n) is 2.05. The van der Waals surface area contributed by atoms with Crippen molar-refractivity contribution in [1.29, 1.82) is 5.26 Å². The van der Waals surface area contributed by atoms with E-state index in [2.05, 4.69) is 0 Å². The number of carbonyl (C=O) groups is 2. The average molecular weight is 319 g/mol. The average Bonchev–Trinajstić information content (AvgIpc) is 2.60. The van der Waals surface area contributed by atoms with Crippen LogP contribution in [0.2, 0.25) is 0 Å². The number of nitrogens with zero attached hydrogens (tertiary/aromatic N) is 1. The maximum Gasteiger partial charge on any atom is 0.331 e. The van der Waals surface area contributed by atoms with Crippen molar-refractivity contribution in [3.05, 3.63) is 76.9 Å². The van der Waals surface area contributed by atoms with Crippen LogP contribution in [0.25, 0.3) is 6.08 Å². The van der Waals surface area contributed by atoms with Crippen LogP contribution in [-0.2, 0) is 9.53 Å². The number of esters is 1. The summed E-state index contributed by atoms with van der Waals surface area (Å²) < 4.78 is 5.14. The number of ketones is 1. The molecule has 0 saturated carbocycles. The van der Waals surface area contributed by atoms with Gasteiger partial charge in [-0.2, -0.15) is 5.26 Å². The lowest BCUT2D eigenvalue weighted by atomic mass is 10.1. The minimum absolute atomic E-state index is 0.241. The number of aryl methyl sites for hydroxylation is 1. The van der Waals surface area contributed by atoms with Crippen LogP contribution in [0.4, 0.5) is 0 Å². The van der Waals surface area contributed by atoms with Gasteiger partial charge in [-0.15, -0.1) is 0 Å². The second-order valence-electron chi connectivity index (χ2n) is 5.38. The molecule has 0 saturated heterocycles. The molecule has 0 amide bonds. The quantitative estimate of drug-likeness (QED) is 0.479. The van der Waals surface area contributed by atoms with Crippen LogP contribution in [0.3, 0.4) is 0 Å². The highest BCUT2D eigenvalue weighted by Gasteiger charge is 2.18. The third-order valence-electron chi connectivity index (χ3n) is 3.45. The number of ether oxygens (including phenoxy) is 1. The highest BCUT2D eigenvalue weighted by atomic mass is 16.5. The van der Waals surface area contributed by atoms with Crippen LogP contribution < -0.4 is 0 Å². The molecule has 0 aromatic heterocycles. The number of hydrogen-bond acceptors (Lipinski definition) is 4. The molecule has 2 aromatic carbocycles. The van der Waals surface area contributed by atoms with Crippen molar-refractivity contribution in [2.24, 2.45) is 0 Å². The van der Waals surface area contributed by atoms with Crippen molar-refractivity contribution >= 4 is 17.8 Å². The van der Waals surface area contributed by atoms with E-state index >= 15 is 0 Å². The van der Waals surface area contributed by atoms with E-state index in [1.807, 2.05) is 25.1 Å². The Morgan fingerprint density at radius 3 is 2.29 bits per heavy atom. The maximum absolute atomic E-state index is 12.2. The van der Waals surface area contributed by atoms with E-state index in [1.165, 1.54) is 6.08 Å². The van der Waals surface area contributed by atoms with Gasteiger partial charge in [-0.3, -0.25) is 4.79 Å². The van der Waals surface area contributed by atoms with Gasteiger partial charge in [0.2, 0.25) is 5.78 Å². The molecular formula is C20H17NO3.